The molecule has 2 rings (SSSR count). The Balaban J connectivity index is 2.10. The number of likely N-dealkylation sites (N-methyl/N-ethyl adjacent to an activating group) is 1. The van der Waals surface area contributed by atoms with Crippen LogP contribution >= 0.6 is 27.3 Å². The molecule has 0 amide bonds. The smallest absolute Gasteiger partial charge is 0.0504 e. The molecule has 0 bridgehead atoms. The topological polar surface area (TPSA) is 29.3 Å². The molecule has 0 spiro atoms. The summed E-state index contributed by atoms with van der Waals surface area (Å²) in [6.45, 7) is 3.08. The van der Waals surface area contributed by atoms with Crippen molar-refractivity contribution in [3.05, 3.63) is 56.7 Å². The molecule has 20 heavy (non-hydrogen) atoms. The maximum absolute atomic E-state index is 6.23. The van der Waals surface area contributed by atoms with Crippen molar-refractivity contribution in [1.82, 2.24) is 4.90 Å². The van der Waals surface area contributed by atoms with E-state index in [1.165, 1.54) is 10.4 Å². The lowest BCUT2D eigenvalue weighted by atomic mass is 9.99. The number of halogens is 1. The first-order valence-electron chi connectivity index (χ1n) is 6.82. The molecule has 0 aliphatic carbocycles. The lowest BCUT2D eigenvalue weighted by Gasteiger charge is -2.32. The molecule has 1 aromatic heterocycles. The zero-order valence-electron chi connectivity index (χ0n) is 11.9. The first-order chi connectivity index (χ1) is 9.59. The van der Waals surface area contributed by atoms with Gasteiger partial charge in [-0.05, 0) is 43.5 Å². The average Bonchev–Trinajstić information content (AvgIpc) is 2.92. The Bertz CT molecular complexity index is 525. The molecule has 4 heteroatoms. The maximum atomic E-state index is 6.23. The average molecular weight is 353 g/mol. The van der Waals surface area contributed by atoms with Crippen molar-refractivity contribution in [2.45, 2.75) is 25.4 Å². The number of nitrogens with zero attached hydrogens (tertiary/aromatic N) is 1. The molecule has 2 nitrogen and oxygen atoms in total. The second-order valence-corrected chi connectivity index (χ2v) is 7.02. The van der Waals surface area contributed by atoms with Gasteiger partial charge in [-0.25, -0.2) is 0 Å². The van der Waals surface area contributed by atoms with Gasteiger partial charge in [-0.3, -0.25) is 4.90 Å². The van der Waals surface area contributed by atoms with Gasteiger partial charge in [0.2, 0.25) is 0 Å². The van der Waals surface area contributed by atoms with Gasteiger partial charge in [-0.15, -0.1) is 11.3 Å². The molecule has 1 heterocycles. The van der Waals surface area contributed by atoms with Crippen molar-refractivity contribution in [2.24, 2.45) is 5.73 Å². The molecule has 0 saturated heterocycles. The molecule has 0 aliphatic rings. The fourth-order valence-corrected chi connectivity index (χ4v) is 3.74. The molecular weight excluding hydrogens is 332 g/mol. The van der Waals surface area contributed by atoms with Gasteiger partial charge in [-0.1, -0.05) is 40.2 Å². The van der Waals surface area contributed by atoms with Gasteiger partial charge in [0.15, 0.2) is 0 Å². The van der Waals surface area contributed by atoms with Crippen LogP contribution in [0.1, 0.15) is 23.4 Å². The monoisotopic (exact) mass is 352 g/mol. The minimum Gasteiger partial charge on any atom is -0.326 e. The second-order valence-electron chi connectivity index (χ2n) is 5.14. The van der Waals surface area contributed by atoms with E-state index in [1.54, 1.807) is 0 Å². The zero-order valence-corrected chi connectivity index (χ0v) is 14.3. The first-order valence-corrected chi connectivity index (χ1v) is 8.49. The van der Waals surface area contributed by atoms with Crippen LogP contribution in [0.15, 0.2) is 46.3 Å². The SMILES string of the molecule is CC(N)C(c1ccccc1Br)N(C)CCc1cccs1. The molecule has 1 aromatic carbocycles. The van der Waals surface area contributed by atoms with Crippen molar-refractivity contribution in [3.63, 3.8) is 0 Å². The second kappa shape index (κ2) is 7.36. The van der Waals surface area contributed by atoms with Crippen LogP contribution in [0.5, 0.6) is 0 Å². The molecular formula is C16H21BrN2S. The van der Waals surface area contributed by atoms with Crippen LogP contribution in [0.4, 0.5) is 0 Å². The number of hydrogen-bond donors (Lipinski definition) is 1. The summed E-state index contributed by atoms with van der Waals surface area (Å²) in [6.07, 6.45) is 1.07. The zero-order chi connectivity index (χ0) is 14.5. The Morgan fingerprint density at radius 3 is 2.60 bits per heavy atom. The predicted octanol–water partition coefficient (Wildman–Crippen LogP) is 4.07. The lowest BCUT2D eigenvalue weighted by Crippen LogP contribution is -2.38. The summed E-state index contributed by atoms with van der Waals surface area (Å²) in [5.74, 6) is 0. The summed E-state index contributed by atoms with van der Waals surface area (Å²) in [5, 5.41) is 2.13. The van der Waals surface area contributed by atoms with Crippen molar-refractivity contribution in [2.75, 3.05) is 13.6 Å². The van der Waals surface area contributed by atoms with Crippen molar-refractivity contribution in [1.29, 1.82) is 0 Å². The highest BCUT2D eigenvalue weighted by Gasteiger charge is 2.22. The van der Waals surface area contributed by atoms with E-state index in [0.29, 0.717) is 0 Å². The summed E-state index contributed by atoms with van der Waals surface area (Å²) < 4.78 is 1.13. The number of nitrogens with two attached hydrogens (primary N) is 1. The van der Waals surface area contributed by atoms with Crippen LogP contribution in [-0.2, 0) is 6.42 Å². The van der Waals surface area contributed by atoms with Crippen molar-refractivity contribution in [3.8, 4) is 0 Å². The van der Waals surface area contributed by atoms with Gasteiger partial charge < -0.3 is 5.73 Å². The van der Waals surface area contributed by atoms with E-state index in [9.17, 15) is 0 Å². The van der Waals surface area contributed by atoms with E-state index in [2.05, 4.69) is 70.5 Å². The summed E-state index contributed by atoms with van der Waals surface area (Å²) >= 11 is 5.46. The van der Waals surface area contributed by atoms with E-state index in [1.807, 2.05) is 17.4 Å². The third-order valence-electron chi connectivity index (χ3n) is 3.49. The number of benzene rings is 1. The standard InChI is InChI=1S/C16H21BrN2S/c1-12(18)16(14-7-3-4-8-15(14)17)19(2)10-9-13-6-5-11-20-13/h3-8,11-12,16H,9-10,18H2,1-2H3. The van der Waals surface area contributed by atoms with Crippen LogP contribution in [0.2, 0.25) is 0 Å². The van der Waals surface area contributed by atoms with Crippen LogP contribution in [-0.4, -0.2) is 24.5 Å². The Kier molecular flexibility index (Phi) is 5.78. The molecule has 0 aliphatic heterocycles. The minimum atomic E-state index is 0.0852. The van der Waals surface area contributed by atoms with Gasteiger partial charge >= 0.3 is 0 Å². The van der Waals surface area contributed by atoms with Gasteiger partial charge in [-0.2, -0.15) is 0 Å². The normalized spacial score (nSPS) is 14.4. The van der Waals surface area contributed by atoms with Crippen LogP contribution in [0.3, 0.4) is 0 Å². The van der Waals surface area contributed by atoms with Crippen LogP contribution in [0, 0.1) is 0 Å². The largest absolute Gasteiger partial charge is 0.326 e. The maximum Gasteiger partial charge on any atom is 0.0504 e. The molecule has 2 N–H and O–H groups in total. The third-order valence-corrected chi connectivity index (χ3v) is 5.15. The van der Waals surface area contributed by atoms with Crippen LogP contribution in [0.25, 0.3) is 0 Å². The minimum absolute atomic E-state index is 0.0852. The highest BCUT2D eigenvalue weighted by molar-refractivity contribution is 9.10. The fraction of sp³-hybridized carbons (Fsp3) is 0.375. The molecule has 2 unspecified atom stereocenters. The van der Waals surface area contributed by atoms with Gasteiger partial charge in [0.1, 0.15) is 0 Å². The van der Waals surface area contributed by atoms with Crippen molar-refractivity contribution >= 4 is 27.3 Å². The highest BCUT2D eigenvalue weighted by Crippen LogP contribution is 2.29. The Morgan fingerprint density at radius 2 is 2.00 bits per heavy atom. The van der Waals surface area contributed by atoms with E-state index in [0.717, 1.165) is 17.4 Å². The van der Waals surface area contributed by atoms with Gasteiger partial charge in [0, 0.05) is 21.9 Å². The summed E-state index contributed by atoms with van der Waals surface area (Å²) in [7, 11) is 2.15. The molecule has 2 atom stereocenters. The molecule has 0 fully saturated rings. The Labute approximate surface area is 133 Å². The summed E-state index contributed by atoms with van der Waals surface area (Å²) in [4.78, 5) is 3.78. The molecule has 0 saturated carbocycles. The van der Waals surface area contributed by atoms with Crippen molar-refractivity contribution < 1.29 is 0 Å². The van der Waals surface area contributed by atoms with E-state index in [-0.39, 0.29) is 12.1 Å². The summed E-state index contributed by atoms with van der Waals surface area (Å²) in [6, 6.07) is 13.0. The molecule has 2 aromatic rings. The quantitative estimate of drug-likeness (QED) is 0.848. The first kappa shape index (κ1) is 15.7. The number of thiophene rings is 1. The third kappa shape index (κ3) is 3.92. The van der Waals surface area contributed by atoms with Crippen LogP contribution < -0.4 is 5.73 Å². The molecule has 108 valence electrons. The summed E-state index contributed by atoms with van der Waals surface area (Å²) in [5.41, 5.74) is 7.49. The predicted molar refractivity (Wildman–Crippen MR) is 91.2 cm³/mol. The Hall–Kier alpha value is -0.680. The molecule has 0 radical (unpaired) electrons. The Morgan fingerprint density at radius 1 is 1.25 bits per heavy atom. The highest BCUT2D eigenvalue weighted by atomic mass is 79.9. The number of rotatable bonds is 6. The van der Waals surface area contributed by atoms with E-state index >= 15 is 0 Å². The fourth-order valence-electron chi connectivity index (χ4n) is 2.52. The lowest BCUT2D eigenvalue weighted by molar-refractivity contribution is 0.221. The van der Waals surface area contributed by atoms with E-state index in [4.69, 9.17) is 5.73 Å². The van der Waals surface area contributed by atoms with Gasteiger partial charge in [0.05, 0.1) is 6.04 Å². The number of hydrogen-bond acceptors (Lipinski definition) is 3. The van der Waals surface area contributed by atoms with Gasteiger partial charge in [0.25, 0.3) is 0 Å². The van der Waals surface area contributed by atoms with E-state index < -0.39 is 0 Å².